The van der Waals surface area contributed by atoms with E-state index in [-0.39, 0.29) is 5.88 Å². The third-order valence-corrected chi connectivity index (χ3v) is 3.23. The maximum atomic E-state index is 9.98. The van der Waals surface area contributed by atoms with E-state index >= 15 is 0 Å². The lowest BCUT2D eigenvalue weighted by molar-refractivity contribution is 0.463. The number of hydrogen-bond donors (Lipinski definition) is 5. The van der Waals surface area contributed by atoms with Crippen molar-refractivity contribution < 1.29 is 5.11 Å². The number of anilines is 3. The third kappa shape index (κ3) is 2.79. The molecule has 7 nitrogen and oxygen atoms in total. The van der Waals surface area contributed by atoms with E-state index in [1.807, 2.05) is 31.2 Å². The molecule has 0 aliphatic rings. The van der Waals surface area contributed by atoms with Gasteiger partial charge in [0, 0.05) is 25.0 Å². The van der Waals surface area contributed by atoms with Crippen molar-refractivity contribution in [1.29, 1.82) is 0 Å². The number of aromatic hydroxyl groups is 1. The van der Waals surface area contributed by atoms with Gasteiger partial charge in [0.05, 0.1) is 5.52 Å². The number of hydrogen-bond acceptors (Lipinski definition) is 6. The Morgan fingerprint density at radius 2 is 2.18 bits per heavy atom. The number of nitrogens with one attached hydrogen (secondary N) is 3. The highest BCUT2D eigenvalue weighted by atomic mass is 16.3. The smallest absolute Gasteiger partial charge is 0.225 e. The van der Waals surface area contributed by atoms with Gasteiger partial charge in [-0.2, -0.15) is 4.98 Å². The van der Waals surface area contributed by atoms with Crippen LogP contribution in [0, 0.1) is 6.92 Å². The van der Waals surface area contributed by atoms with E-state index in [4.69, 9.17) is 5.73 Å². The lowest BCUT2D eigenvalue weighted by atomic mass is 10.2. The lowest BCUT2D eigenvalue weighted by Gasteiger charge is -2.10. The zero-order valence-corrected chi connectivity index (χ0v) is 12.2. The molecule has 114 valence electrons. The van der Waals surface area contributed by atoms with Crippen LogP contribution in [0.1, 0.15) is 5.56 Å². The SMILES string of the molecule is Cc1cccc(Nc2nc(NCCN)nc3c[nH]c(O)c23)c1. The number of rotatable bonds is 5. The van der Waals surface area contributed by atoms with Gasteiger partial charge in [-0.1, -0.05) is 12.1 Å². The Bertz CT molecular complexity index is 798. The molecular formula is C15H18N6O. The van der Waals surface area contributed by atoms with Crippen LogP contribution in [-0.2, 0) is 0 Å². The highest BCUT2D eigenvalue weighted by Crippen LogP contribution is 2.31. The van der Waals surface area contributed by atoms with E-state index in [9.17, 15) is 5.11 Å². The molecule has 1 aromatic carbocycles. The van der Waals surface area contributed by atoms with Crippen molar-refractivity contribution >= 4 is 28.4 Å². The average molecular weight is 298 g/mol. The van der Waals surface area contributed by atoms with Crippen molar-refractivity contribution in [2.24, 2.45) is 5.73 Å². The normalized spacial score (nSPS) is 10.8. The molecule has 0 aliphatic carbocycles. The molecule has 0 spiro atoms. The molecule has 0 amide bonds. The van der Waals surface area contributed by atoms with Crippen molar-refractivity contribution in [1.82, 2.24) is 15.0 Å². The topological polar surface area (TPSA) is 112 Å². The van der Waals surface area contributed by atoms with E-state index in [0.29, 0.717) is 35.8 Å². The van der Waals surface area contributed by atoms with Gasteiger partial charge in [-0.25, -0.2) is 4.98 Å². The van der Waals surface area contributed by atoms with Gasteiger partial charge in [0.1, 0.15) is 11.2 Å². The summed E-state index contributed by atoms with van der Waals surface area (Å²) in [5.41, 5.74) is 8.15. The van der Waals surface area contributed by atoms with Gasteiger partial charge in [-0.05, 0) is 24.6 Å². The van der Waals surface area contributed by atoms with Crippen LogP contribution in [0.4, 0.5) is 17.5 Å². The third-order valence-electron chi connectivity index (χ3n) is 3.23. The van der Waals surface area contributed by atoms with Crippen molar-refractivity contribution in [2.75, 3.05) is 23.7 Å². The number of H-pyrrole nitrogens is 1. The first kappa shape index (κ1) is 14.2. The summed E-state index contributed by atoms with van der Waals surface area (Å²) in [6.07, 6.45) is 1.64. The number of aromatic nitrogens is 3. The van der Waals surface area contributed by atoms with Gasteiger partial charge in [0.25, 0.3) is 0 Å². The van der Waals surface area contributed by atoms with Crippen LogP contribution in [0.5, 0.6) is 5.88 Å². The summed E-state index contributed by atoms with van der Waals surface area (Å²) in [5.74, 6) is 1.04. The van der Waals surface area contributed by atoms with E-state index in [1.54, 1.807) is 6.20 Å². The first-order valence-corrected chi connectivity index (χ1v) is 7.03. The minimum absolute atomic E-state index is 0.0375. The zero-order chi connectivity index (χ0) is 15.5. The van der Waals surface area contributed by atoms with Crippen molar-refractivity contribution in [3.63, 3.8) is 0 Å². The van der Waals surface area contributed by atoms with Crippen molar-refractivity contribution in [3.05, 3.63) is 36.0 Å². The molecule has 0 saturated carbocycles. The Balaban J connectivity index is 2.03. The lowest BCUT2D eigenvalue weighted by Crippen LogP contribution is -2.15. The van der Waals surface area contributed by atoms with E-state index in [1.165, 1.54) is 0 Å². The Morgan fingerprint density at radius 3 is 2.95 bits per heavy atom. The quantitative estimate of drug-likeness (QED) is 0.493. The van der Waals surface area contributed by atoms with Crippen LogP contribution < -0.4 is 16.4 Å². The minimum Gasteiger partial charge on any atom is -0.494 e. The number of nitrogens with zero attached hydrogens (tertiary/aromatic N) is 2. The minimum atomic E-state index is 0.0375. The molecule has 2 aromatic heterocycles. The summed E-state index contributed by atoms with van der Waals surface area (Å²) in [5, 5.41) is 16.8. The molecule has 6 N–H and O–H groups in total. The van der Waals surface area contributed by atoms with Crippen molar-refractivity contribution in [3.8, 4) is 5.88 Å². The summed E-state index contributed by atoms with van der Waals surface area (Å²) in [6, 6.07) is 7.92. The largest absolute Gasteiger partial charge is 0.494 e. The molecular weight excluding hydrogens is 280 g/mol. The second-order valence-corrected chi connectivity index (χ2v) is 5.00. The first-order valence-electron chi connectivity index (χ1n) is 7.03. The number of nitrogens with two attached hydrogens (primary N) is 1. The summed E-state index contributed by atoms with van der Waals surface area (Å²) in [7, 11) is 0. The van der Waals surface area contributed by atoms with Crippen LogP contribution in [0.2, 0.25) is 0 Å². The highest BCUT2D eigenvalue weighted by molar-refractivity contribution is 5.96. The molecule has 3 rings (SSSR count). The van der Waals surface area contributed by atoms with Crippen LogP contribution in [0.15, 0.2) is 30.5 Å². The summed E-state index contributed by atoms with van der Waals surface area (Å²) >= 11 is 0. The predicted molar refractivity (Wildman–Crippen MR) is 87.6 cm³/mol. The van der Waals surface area contributed by atoms with Gasteiger partial charge in [0.2, 0.25) is 11.8 Å². The second kappa shape index (κ2) is 5.90. The Labute approximate surface area is 127 Å². The molecule has 0 aliphatic heterocycles. The van der Waals surface area contributed by atoms with Gasteiger partial charge in [-0.3, -0.25) is 0 Å². The average Bonchev–Trinajstić information content (AvgIpc) is 2.87. The molecule has 0 saturated heterocycles. The standard InChI is InChI=1S/C15H18N6O/c1-9-3-2-4-10(7-9)19-13-12-11(8-18-14(12)22)20-15(21-13)17-6-5-16/h2-4,7-8,18,22H,5-6,16H2,1H3,(H2,17,19,20,21). The fraction of sp³-hybridized carbons (Fsp3) is 0.200. The predicted octanol–water partition coefficient (Wildman–Crippen LogP) is 2.09. The summed E-state index contributed by atoms with van der Waals surface area (Å²) in [4.78, 5) is 11.5. The van der Waals surface area contributed by atoms with E-state index in [2.05, 4.69) is 25.6 Å². The summed E-state index contributed by atoms with van der Waals surface area (Å²) in [6.45, 7) is 3.08. The van der Waals surface area contributed by atoms with E-state index in [0.717, 1.165) is 11.3 Å². The van der Waals surface area contributed by atoms with Gasteiger partial charge in [-0.15, -0.1) is 0 Å². The molecule has 0 radical (unpaired) electrons. The molecule has 0 unspecified atom stereocenters. The highest BCUT2D eigenvalue weighted by Gasteiger charge is 2.13. The van der Waals surface area contributed by atoms with Crippen LogP contribution in [0.3, 0.4) is 0 Å². The second-order valence-electron chi connectivity index (χ2n) is 5.00. The van der Waals surface area contributed by atoms with Gasteiger partial charge in [0.15, 0.2) is 0 Å². The first-order chi connectivity index (χ1) is 10.7. The summed E-state index contributed by atoms with van der Waals surface area (Å²) < 4.78 is 0. The molecule has 0 fully saturated rings. The van der Waals surface area contributed by atoms with Gasteiger partial charge < -0.3 is 26.5 Å². The zero-order valence-electron chi connectivity index (χ0n) is 12.2. The molecule has 0 bridgehead atoms. The molecule has 7 heteroatoms. The van der Waals surface area contributed by atoms with Crippen LogP contribution in [0.25, 0.3) is 10.9 Å². The van der Waals surface area contributed by atoms with Crippen molar-refractivity contribution in [2.45, 2.75) is 6.92 Å². The monoisotopic (exact) mass is 298 g/mol. The maximum absolute atomic E-state index is 9.98. The Hall–Kier alpha value is -2.80. The van der Waals surface area contributed by atoms with Crippen LogP contribution in [-0.4, -0.2) is 33.1 Å². The fourth-order valence-electron chi connectivity index (χ4n) is 2.24. The van der Waals surface area contributed by atoms with Gasteiger partial charge >= 0.3 is 0 Å². The number of benzene rings is 1. The molecule has 22 heavy (non-hydrogen) atoms. The Morgan fingerprint density at radius 1 is 1.32 bits per heavy atom. The number of aromatic amines is 1. The number of aryl methyl sites for hydroxylation is 1. The maximum Gasteiger partial charge on any atom is 0.225 e. The number of fused-ring (bicyclic) bond motifs is 1. The fourth-order valence-corrected chi connectivity index (χ4v) is 2.24. The Kier molecular flexibility index (Phi) is 3.80. The van der Waals surface area contributed by atoms with E-state index < -0.39 is 0 Å². The van der Waals surface area contributed by atoms with Crippen LogP contribution >= 0.6 is 0 Å². The molecule has 2 heterocycles. The molecule has 3 aromatic rings. The molecule has 0 atom stereocenters.